The monoisotopic (exact) mass is 298 g/mol. The number of carbonyl (C=O) groups excluding carboxylic acids is 1. The Balaban J connectivity index is 1.80. The molecule has 2 saturated heterocycles. The van der Waals surface area contributed by atoms with Crippen molar-refractivity contribution >= 4 is 5.78 Å². The molecule has 6 heteroatoms. The molecule has 0 aliphatic carbocycles. The Labute approximate surface area is 121 Å². The zero-order valence-corrected chi connectivity index (χ0v) is 11.7. The average Bonchev–Trinajstić information content (AvgIpc) is 2.66. The summed E-state index contributed by atoms with van der Waals surface area (Å²) in [6.07, 6.45) is -0.919. The first-order chi connectivity index (χ1) is 9.86. The molecule has 2 bridgehead atoms. The van der Waals surface area contributed by atoms with Crippen LogP contribution in [0.3, 0.4) is 0 Å². The number of hydrogen-bond donors (Lipinski definition) is 0. The van der Waals surface area contributed by atoms with Crippen LogP contribution in [-0.2, 0) is 6.18 Å². The number of hydrogen-bond acceptors (Lipinski definition) is 3. The molecule has 2 atom stereocenters. The highest BCUT2D eigenvalue weighted by atomic mass is 19.4. The molecular formula is C15H17F3N2O. The SMILES string of the molecule is CN1C2CCC1CC(C(=O)c1cccc(C(F)(F)F)n1)C2. The molecular weight excluding hydrogens is 281 g/mol. The van der Waals surface area contributed by atoms with Crippen molar-refractivity contribution in [1.82, 2.24) is 9.88 Å². The number of nitrogens with zero attached hydrogens (tertiary/aromatic N) is 2. The van der Waals surface area contributed by atoms with Gasteiger partial charge in [0.25, 0.3) is 0 Å². The molecule has 0 saturated carbocycles. The van der Waals surface area contributed by atoms with Crippen molar-refractivity contribution in [3.8, 4) is 0 Å². The van der Waals surface area contributed by atoms with E-state index in [2.05, 4.69) is 16.9 Å². The van der Waals surface area contributed by atoms with E-state index in [0.29, 0.717) is 12.1 Å². The summed E-state index contributed by atoms with van der Waals surface area (Å²) in [4.78, 5) is 18.3. The minimum Gasteiger partial charge on any atom is -0.300 e. The lowest BCUT2D eigenvalue weighted by molar-refractivity contribution is -0.141. The molecule has 0 amide bonds. The maximum Gasteiger partial charge on any atom is 0.433 e. The van der Waals surface area contributed by atoms with Gasteiger partial charge in [0.05, 0.1) is 0 Å². The summed E-state index contributed by atoms with van der Waals surface area (Å²) in [6.45, 7) is 0. The summed E-state index contributed by atoms with van der Waals surface area (Å²) in [5, 5.41) is 0. The number of carbonyl (C=O) groups is 1. The van der Waals surface area contributed by atoms with E-state index in [4.69, 9.17) is 0 Å². The van der Waals surface area contributed by atoms with E-state index in [1.165, 1.54) is 12.1 Å². The Kier molecular flexibility index (Phi) is 3.51. The molecule has 3 nitrogen and oxygen atoms in total. The number of alkyl halides is 3. The zero-order valence-electron chi connectivity index (χ0n) is 11.7. The van der Waals surface area contributed by atoms with Gasteiger partial charge in [-0.15, -0.1) is 0 Å². The first-order valence-corrected chi connectivity index (χ1v) is 7.16. The Morgan fingerprint density at radius 3 is 2.43 bits per heavy atom. The molecule has 2 unspecified atom stereocenters. The van der Waals surface area contributed by atoms with E-state index >= 15 is 0 Å². The molecule has 2 aliphatic rings. The molecule has 0 spiro atoms. The molecule has 2 fully saturated rings. The lowest BCUT2D eigenvalue weighted by Gasteiger charge is -2.35. The second-order valence-electron chi connectivity index (χ2n) is 5.99. The minimum absolute atomic E-state index is 0.0567. The molecule has 21 heavy (non-hydrogen) atoms. The first-order valence-electron chi connectivity index (χ1n) is 7.16. The van der Waals surface area contributed by atoms with E-state index in [0.717, 1.165) is 31.7 Å². The zero-order chi connectivity index (χ0) is 15.2. The Morgan fingerprint density at radius 2 is 1.86 bits per heavy atom. The summed E-state index contributed by atoms with van der Waals surface area (Å²) < 4.78 is 38.0. The van der Waals surface area contributed by atoms with E-state index in [1.54, 1.807) is 0 Å². The number of rotatable bonds is 2. The largest absolute Gasteiger partial charge is 0.433 e. The smallest absolute Gasteiger partial charge is 0.300 e. The molecule has 1 aromatic heterocycles. The Morgan fingerprint density at radius 1 is 1.24 bits per heavy atom. The van der Waals surface area contributed by atoms with Crippen LogP contribution in [0.1, 0.15) is 41.9 Å². The summed E-state index contributed by atoms with van der Waals surface area (Å²) >= 11 is 0. The number of piperidine rings is 1. The fraction of sp³-hybridized carbons (Fsp3) is 0.600. The highest BCUT2D eigenvalue weighted by Crippen LogP contribution is 2.38. The van der Waals surface area contributed by atoms with Crippen molar-refractivity contribution in [2.45, 2.75) is 43.9 Å². The summed E-state index contributed by atoms with van der Waals surface area (Å²) in [7, 11) is 2.06. The summed E-state index contributed by atoms with van der Waals surface area (Å²) in [6, 6.07) is 4.30. The number of ketones is 1. The standard InChI is InChI=1S/C15H17F3N2O/c1-20-10-5-6-11(20)8-9(7-10)14(21)12-3-2-4-13(19-12)15(16,17)18/h2-4,9-11H,5-8H2,1H3. The predicted octanol–water partition coefficient (Wildman–Crippen LogP) is 3.16. The minimum atomic E-state index is -4.51. The van der Waals surface area contributed by atoms with Crippen LogP contribution in [-0.4, -0.2) is 34.8 Å². The number of aromatic nitrogens is 1. The normalized spacial score (nSPS) is 29.6. The third-order valence-electron chi connectivity index (χ3n) is 4.76. The van der Waals surface area contributed by atoms with Crippen LogP contribution in [0.2, 0.25) is 0 Å². The molecule has 0 N–H and O–H groups in total. The maximum absolute atomic E-state index is 12.7. The van der Waals surface area contributed by atoms with Crippen LogP contribution in [0.5, 0.6) is 0 Å². The first kappa shape index (κ1) is 14.5. The van der Waals surface area contributed by atoms with Gasteiger partial charge in [-0.25, -0.2) is 4.98 Å². The second kappa shape index (κ2) is 5.09. The molecule has 1 aromatic rings. The number of fused-ring (bicyclic) bond motifs is 2. The third kappa shape index (κ3) is 2.69. The molecule has 3 heterocycles. The highest BCUT2D eigenvalue weighted by Gasteiger charge is 2.41. The van der Waals surface area contributed by atoms with E-state index < -0.39 is 11.9 Å². The van der Waals surface area contributed by atoms with Gasteiger partial charge in [-0.05, 0) is 44.9 Å². The second-order valence-corrected chi connectivity index (χ2v) is 5.99. The molecule has 3 rings (SSSR count). The van der Waals surface area contributed by atoms with Crippen LogP contribution in [0.25, 0.3) is 0 Å². The van der Waals surface area contributed by atoms with Gasteiger partial charge in [0, 0.05) is 18.0 Å². The fourth-order valence-electron chi connectivity index (χ4n) is 3.56. The fourth-order valence-corrected chi connectivity index (χ4v) is 3.56. The Bertz CT molecular complexity index is 544. The van der Waals surface area contributed by atoms with Crippen molar-refractivity contribution in [2.75, 3.05) is 7.05 Å². The average molecular weight is 298 g/mol. The van der Waals surface area contributed by atoms with Crippen LogP contribution < -0.4 is 0 Å². The van der Waals surface area contributed by atoms with Gasteiger partial charge < -0.3 is 4.90 Å². The van der Waals surface area contributed by atoms with Crippen LogP contribution >= 0.6 is 0 Å². The van der Waals surface area contributed by atoms with Gasteiger partial charge >= 0.3 is 6.18 Å². The lowest BCUT2D eigenvalue weighted by Crippen LogP contribution is -2.42. The highest BCUT2D eigenvalue weighted by molar-refractivity contribution is 5.96. The van der Waals surface area contributed by atoms with E-state index in [9.17, 15) is 18.0 Å². The summed E-state index contributed by atoms with van der Waals surface area (Å²) in [5.74, 6) is -0.444. The number of pyridine rings is 1. The number of halogens is 3. The van der Waals surface area contributed by atoms with Crippen LogP contribution in [0, 0.1) is 5.92 Å². The van der Waals surface area contributed by atoms with Gasteiger partial charge in [0.1, 0.15) is 11.4 Å². The van der Waals surface area contributed by atoms with Crippen molar-refractivity contribution in [1.29, 1.82) is 0 Å². The lowest BCUT2D eigenvalue weighted by atomic mass is 9.86. The van der Waals surface area contributed by atoms with Gasteiger partial charge in [0.2, 0.25) is 0 Å². The molecule has 0 radical (unpaired) electrons. The predicted molar refractivity (Wildman–Crippen MR) is 70.9 cm³/mol. The van der Waals surface area contributed by atoms with E-state index in [-0.39, 0.29) is 17.4 Å². The van der Waals surface area contributed by atoms with Gasteiger partial charge in [0.15, 0.2) is 5.78 Å². The van der Waals surface area contributed by atoms with Crippen molar-refractivity contribution in [2.24, 2.45) is 5.92 Å². The molecule has 0 aromatic carbocycles. The summed E-state index contributed by atoms with van der Waals surface area (Å²) in [5.41, 5.74) is -1.05. The third-order valence-corrected chi connectivity index (χ3v) is 4.76. The van der Waals surface area contributed by atoms with Gasteiger partial charge in [-0.2, -0.15) is 13.2 Å². The van der Waals surface area contributed by atoms with Crippen molar-refractivity contribution < 1.29 is 18.0 Å². The van der Waals surface area contributed by atoms with Crippen LogP contribution in [0.4, 0.5) is 13.2 Å². The van der Waals surface area contributed by atoms with E-state index in [1.807, 2.05) is 0 Å². The molecule has 2 aliphatic heterocycles. The van der Waals surface area contributed by atoms with Crippen molar-refractivity contribution in [3.05, 3.63) is 29.6 Å². The Hall–Kier alpha value is -1.43. The maximum atomic E-state index is 12.7. The quantitative estimate of drug-likeness (QED) is 0.786. The molecule has 114 valence electrons. The van der Waals surface area contributed by atoms with Gasteiger partial charge in [-0.3, -0.25) is 4.79 Å². The topological polar surface area (TPSA) is 33.2 Å². The number of Topliss-reactive ketones (excluding diaryl/α,β-unsaturated/α-hetero) is 1. The van der Waals surface area contributed by atoms with Gasteiger partial charge in [-0.1, -0.05) is 6.07 Å². The van der Waals surface area contributed by atoms with Crippen LogP contribution in [0.15, 0.2) is 18.2 Å². The van der Waals surface area contributed by atoms with Crippen molar-refractivity contribution in [3.63, 3.8) is 0 Å².